The molecule has 1 unspecified atom stereocenters. The lowest BCUT2D eigenvalue weighted by atomic mass is 10.0. The van der Waals surface area contributed by atoms with Crippen molar-refractivity contribution in [3.05, 3.63) is 58.6 Å². The Bertz CT molecular complexity index is 569. The highest BCUT2D eigenvalue weighted by Crippen LogP contribution is 2.22. The summed E-state index contributed by atoms with van der Waals surface area (Å²) in [4.78, 5) is 0. The number of nitrogens with two attached hydrogens (primary N) is 1. The molecule has 2 N–H and O–H groups in total. The minimum absolute atomic E-state index is 0.184. The van der Waals surface area contributed by atoms with E-state index < -0.39 is 0 Å². The highest BCUT2D eigenvalue weighted by molar-refractivity contribution is 6.30. The first kappa shape index (κ1) is 14.7. The Kier molecular flexibility index (Phi) is 4.88. The van der Waals surface area contributed by atoms with E-state index in [0.29, 0.717) is 11.6 Å². The molecule has 2 rings (SSSR count). The third kappa shape index (κ3) is 3.65. The Morgan fingerprint density at radius 2 is 1.75 bits per heavy atom. The van der Waals surface area contributed by atoms with Crippen molar-refractivity contribution in [2.75, 3.05) is 13.7 Å². The number of halogens is 1. The average Bonchev–Trinajstić information content (AvgIpc) is 2.46. The molecule has 0 saturated heterocycles. The van der Waals surface area contributed by atoms with Crippen molar-refractivity contribution in [2.45, 2.75) is 13.0 Å². The highest BCUT2D eigenvalue weighted by Gasteiger charge is 2.10. The molecule has 0 radical (unpaired) electrons. The van der Waals surface area contributed by atoms with E-state index >= 15 is 0 Å². The van der Waals surface area contributed by atoms with Crippen LogP contribution in [0.3, 0.4) is 0 Å². The number of aryl methyl sites for hydroxylation is 1. The minimum Gasteiger partial charge on any atom is -0.497 e. The van der Waals surface area contributed by atoms with Crippen molar-refractivity contribution >= 4 is 11.6 Å². The molecule has 4 heteroatoms. The molecule has 20 heavy (non-hydrogen) atoms. The number of hydrogen-bond donors (Lipinski definition) is 1. The second-order valence-corrected chi connectivity index (χ2v) is 5.03. The van der Waals surface area contributed by atoms with E-state index in [1.165, 1.54) is 0 Å². The van der Waals surface area contributed by atoms with E-state index in [2.05, 4.69) is 0 Å². The minimum atomic E-state index is -0.184. The first-order chi connectivity index (χ1) is 9.60. The van der Waals surface area contributed by atoms with Gasteiger partial charge in [-0.3, -0.25) is 0 Å². The Morgan fingerprint density at radius 1 is 1.10 bits per heavy atom. The summed E-state index contributed by atoms with van der Waals surface area (Å²) in [5, 5.41) is 0.688. The molecule has 0 aliphatic rings. The Labute approximate surface area is 124 Å². The van der Waals surface area contributed by atoms with Gasteiger partial charge in [0.15, 0.2) is 0 Å². The number of benzene rings is 2. The fourth-order valence-electron chi connectivity index (χ4n) is 2.00. The predicted octanol–water partition coefficient (Wildman–Crippen LogP) is 3.74. The molecule has 0 bridgehead atoms. The lowest BCUT2D eigenvalue weighted by Gasteiger charge is -2.16. The summed E-state index contributed by atoms with van der Waals surface area (Å²) < 4.78 is 10.9. The van der Waals surface area contributed by atoms with Crippen LogP contribution in [0.2, 0.25) is 5.02 Å². The van der Waals surface area contributed by atoms with E-state index in [1.54, 1.807) is 19.2 Å². The second-order valence-electron chi connectivity index (χ2n) is 4.59. The molecule has 106 valence electrons. The van der Waals surface area contributed by atoms with Crippen molar-refractivity contribution in [1.29, 1.82) is 0 Å². The maximum Gasteiger partial charge on any atom is 0.119 e. The van der Waals surface area contributed by atoms with Crippen LogP contribution in [0.15, 0.2) is 42.5 Å². The number of hydrogen-bond acceptors (Lipinski definition) is 3. The van der Waals surface area contributed by atoms with E-state index in [1.807, 2.05) is 37.3 Å². The summed E-state index contributed by atoms with van der Waals surface area (Å²) in [6, 6.07) is 12.9. The SMILES string of the molecule is COc1ccc(C(N)COc2ccc(Cl)cc2)c(C)c1. The third-order valence-electron chi connectivity index (χ3n) is 3.12. The summed E-state index contributed by atoms with van der Waals surface area (Å²) in [6.07, 6.45) is 0. The number of ether oxygens (including phenoxy) is 2. The Hall–Kier alpha value is -1.71. The fraction of sp³-hybridized carbons (Fsp3) is 0.250. The summed E-state index contributed by atoms with van der Waals surface area (Å²) in [7, 11) is 1.65. The molecule has 2 aromatic carbocycles. The zero-order valence-electron chi connectivity index (χ0n) is 11.6. The topological polar surface area (TPSA) is 44.5 Å². The van der Waals surface area contributed by atoms with Crippen molar-refractivity contribution in [3.63, 3.8) is 0 Å². The summed E-state index contributed by atoms with van der Waals surface area (Å²) in [5.41, 5.74) is 8.32. The second kappa shape index (κ2) is 6.64. The standard InChI is InChI=1S/C16H18ClNO2/c1-11-9-14(19-2)7-8-15(11)16(18)10-20-13-5-3-12(17)4-6-13/h3-9,16H,10,18H2,1-2H3. The van der Waals surface area contributed by atoms with Crippen LogP contribution < -0.4 is 15.2 Å². The van der Waals surface area contributed by atoms with Crippen LogP contribution in [0, 0.1) is 6.92 Å². The van der Waals surface area contributed by atoms with Crippen molar-refractivity contribution in [1.82, 2.24) is 0 Å². The molecule has 0 saturated carbocycles. The molecule has 3 nitrogen and oxygen atoms in total. The van der Waals surface area contributed by atoms with Crippen molar-refractivity contribution in [3.8, 4) is 11.5 Å². The summed E-state index contributed by atoms with van der Waals surface area (Å²) >= 11 is 5.83. The van der Waals surface area contributed by atoms with E-state index in [0.717, 1.165) is 22.6 Å². The predicted molar refractivity (Wildman–Crippen MR) is 81.6 cm³/mol. The molecule has 0 spiro atoms. The summed E-state index contributed by atoms with van der Waals surface area (Å²) in [5.74, 6) is 1.59. The van der Waals surface area contributed by atoms with Gasteiger partial charge in [0.05, 0.1) is 13.2 Å². The lowest BCUT2D eigenvalue weighted by Crippen LogP contribution is -2.20. The quantitative estimate of drug-likeness (QED) is 0.913. The molecule has 1 atom stereocenters. The van der Waals surface area contributed by atoms with Crippen molar-refractivity contribution < 1.29 is 9.47 Å². The zero-order valence-corrected chi connectivity index (χ0v) is 12.4. The Morgan fingerprint density at radius 3 is 2.35 bits per heavy atom. The fourth-order valence-corrected chi connectivity index (χ4v) is 2.12. The van der Waals surface area contributed by atoms with Gasteiger partial charge in [-0.2, -0.15) is 0 Å². The zero-order chi connectivity index (χ0) is 14.5. The maximum absolute atomic E-state index is 6.17. The van der Waals surface area contributed by atoms with Gasteiger partial charge in [0.25, 0.3) is 0 Å². The molecule has 0 aliphatic heterocycles. The molecule has 0 aliphatic carbocycles. The van der Waals surface area contributed by atoms with Crippen LogP contribution in [-0.4, -0.2) is 13.7 Å². The smallest absolute Gasteiger partial charge is 0.119 e. The van der Waals surface area contributed by atoms with E-state index in [4.69, 9.17) is 26.8 Å². The maximum atomic E-state index is 6.17. The van der Waals surface area contributed by atoms with E-state index in [9.17, 15) is 0 Å². The van der Waals surface area contributed by atoms with Crippen LogP contribution in [0.5, 0.6) is 11.5 Å². The van der Waals surface area contributed by atoms with Gasteiger partial charge in [0, 0.05) is 5.02 Å². The first-order valence-electron chi connectivity index (χ1n) is 6.38. The van der Waals surface area contributed by atoms with Gasteiger partial charge in [0.2, 0.25) is 0 Å². The highest BCUT2D eigenvalue weighted by atomic mass is 35.5. The molecule has 2 aromatic rings. The van der Waals surface area contributed by atoms with Crippen LogP contribution in [0.25, 0.3) is 0 Å². The monoisotopic (exact) mass is 291 g/mol. The average molecular weight is 292 g/mol. The molecule has 0 aromatic heterocycles. The molecule has 0 heterocycles. The van der Waals surface area contributed by atoms with Gasteiger partial charge in [-0.1, -0.05) is 17.7 Å². The van der Waals surface area contributed by atoms with Gasteiger partial charge in [-0.25, -0.2) is 0 Å². The van der Waals surface area contributed by atoms with Crippen molar-refractivity contribution in [2.24, 2.45) is 5.73 Å². The van der Waals surface area contributed by atoms with Gasteiger partial charge in [0.1, 0.15) is 18.1 Å². The molecule has 0 fully saturated rings. The largest absolute Gasteiger partial charge is 0.497 e. The van der Waals surface area contributed by atoms with Crippen LogP contribution in [0.4, 0.5) is 0 Å². The van der Waals surface area contributed by atoms with Crippen LogP contribution in [0.1, 0.15) is 17.2 Å². The number of rotatable bonds is 5. The van der Waals surface area contributed by atoms with Gasteiger partial charge < -0.3 is 15.2 Å². The third-order valence-corrected chi connectivity index (χ3v) is 3.37. The molecular formula is C16H18ClNO2. The van der Waals surface area contributed by atoms with Crippen LogP contribution >= 0.6 is 11.6 Å². The number of methoxy groups -OCH3 is 1. The normalized spacial score (nSPS) is 12.0. The van der Waals surface area contributed by atoms with E-state index in [-0.39, 0.29) is 6.04 Å². The van der Waals surface area contributed by atoms with Gasteiger partial charge in [-0.05, 0) is 54.4 Å². The summed E-state index contributed by atoms with van der Waals surface area (Å²) in [6.45, 7) is 2.43. The Balaban J connectivity index is 2.01. The first-order valence-corrected chi connectivity index (χ1v) is 6.76. The van der Waals surface area contributed by atoms with Gasteiger partial charge in [-0.15, -0.1) is 0 Å². The molecular weight excluding hydrogens is 274 g/mol. The van der Waals surface area contributed by atoms with Crippen LogP contribution in [-0.2, 0) is 0 Å². The molecule has 0 amide bonds. The lowest BCUT2D eigenvalue weighted by molar-refractivity contribution is 0.290. The van der Waals surface area contributed by atoms with Gasteiger partial charge >= 0.3 is 0 Å².